The van der Waals surface area contributed by atoms with Crippen LogP contribution in [0.1, 0.15) is 66.9 Å². The Morgan fingerprint density at radius 1 is 1.11 bits per heavy atom. The monoisotopic (exact) mass is 264 g/mol. The number of carboxylic acids is 1. The molecular formula is C16H24O3. The van der Waals surface area contributed by atoms with Crippen LogP contribution in [-0.2, 0) is 6.42 Å². The number of rotatable bonds is 8. The van der Waals surface area contributed by atoms with Gasteiger partial charge in [-0.05, 0) is 37.0 Å². The van der Waals surface area contributed by atoms with Crippen LogP contribution in [0.15, 0.2) is 12.1 Å². The molecule has 1 aromatic rings. The summed E-state index contributed by atoms with van der Waals surface area (Å²) >= 11 is 0. The lowest BCUT2D eigenvalue weighted by atomic mass is 9.99. The maximum absolute atomic E-state index is 11.0. The summed E-state index contributed by atoms with van der Waals surface area (Å²) in [6.45, 7) is 4.05. The van der Waals surface area contributed by atoms with Gasteiger partial charge in [0, 0.05) is 0 Å². The van der Waals surface area contributed by atoms with E-state index >= 15 is 0 Å². The minimum absolute atomic E-state index is 0.0148. The third-order valence-electron chi connectivity index (χ3n) is 3.36. The number of aryl methyl sites for hydroxylation is 2. The number of aromatic hydroxyl groups is 1. The Balaban J connectivity index is 2.56. The topological polar surface area (TPSA) is 57.5 Å². The van der Waals surface area contributed by atoms with Crippen LogP contribution in [0.25, 0.3) is 0 Å². The zero-order valence-corrected chi connectivity index (χ0v) is 11.9. The molecule has 3 heteroatoms. The second-order valence-electron chi connectivity index (χ2n) is 5.14. The first kappa shape index (κ1) is 15.5. The van der Waals surface area contributed by atoms with E-state index in [0.29, 0.717) is 0 Å². The summed E-state index contributed by atoms with van der Waals surface area (Å²) in [4.78, 5) is 11.0. The van der Waals surface area contributed by atoms with Gasteiger partial charge in [-0.3, -0.25) is 0 Å². The van der Waals surface area contributed by atoms with Gasteiger partial charge in [-0.25, -0.2) is 4.79 Å². The first-order valence-corrected chi connectivity index (χ1v) is 7.12. The van der Waals surface area contributed by atoms with Crippen molar-refractivity contribution in [1.29, 1.82) is 0 Å². The Kier molecular flexibility index (Phi) is 6.40. The number of hydrogen-bond donors (Lipinski definition) is 2. The normalized spacial score (nSPS) is 10.6. The summed E-state index contributed by atoms with van der Waals surface area (Å²) < 4.78 is 0. The maximum atomic E-state index is 11.0. The molecule has 0 aliphatic heterocycles. The highest BCUT2D eigenvalue weighted by Crippen LogP contribution is 2.26. The molecule has 0 aliphatic carbocycles. The van der Waals surface area contributed by atoms with Gasteiger partial charge in [-0.1, -0.05) is 45.1 Å². The van der Waals surface area contributed by atoms with Crippen LogP contribution in [0, 0.1) is 6.92 Å². The van der Waals surface area contributed by atoms with E-state index in [4.69, 9.17) is 5.11 Å². The number of phenols is 1. The number of aromatic carboxylic acids is 1. The van der Waals surface area contributed by atoms with Crippen molar-refractivity contribution in [3.05, 3.63) is 28.8 Å². The summed E-state index contributed by atoms with van der Waals surface area (Å²) in [5, 5.41) is 19.0. The molecule has 0 unspecified atom stereocenters. The second kappa shape index (κ2) is 7.82. The van der Waals surface area contributed by atoms with Crippen molar-refractivity contribution in [2.24, 2.45) is 0 Å². The Morgan fingerprint density at radius 3 is 2.37 bits per heavy atom. The third-order valence-corrected chi connectivity index (χ3v) is 3.36. The number of unbranched alkanes of at least 4 members (excludes halogenated alkanes) is 5. The molecule has 0 saturated heterocycles. The predicted molar refractivity (Wildman–Crippen MR) is 76.9 cm³/mol. The van der Waals surface area contributed by atoms with Gasteiger partial charge >= 0.3 is 5.97 Å². The zero-order valence-electron chi connectivity index (χ0n) is 11.9. The molecule has 0 fully saturated rings. The van der Waals surface area contributed by atoms with Gasteiger partial charge in [0.05, 0.1) is 0 Å². The van der Waals surface area contributed by atoms with Crippen LogP contribution in [0.5, 0.6) is 5.75 Å². The molecule has 0 aliphatic rings. The van der Waals surface area contributed by atoms with Crippen LogP contribution >= 0.6 is 0 Å². The van der Waals surface area contributed by atoms with Crippen LogP contribution in [0.2, 0.25) is 0 Å². The van der Waals surface area contributed by atoms with Crippen LogP contribution in [-0.4, -0.2) is 16.2 Å². The van der Waals surface area contributed by atoms with Crippen molar-refractivity contribution in [2.75, 3.05) is 0 Å². The van der Waals surface area contributed by atoms with Crippen molar-refractivity contribution in [1.82, 2.24) is 0 Å². The van der Waals surface area contributed by atoms with E-state index in [0.717, 1.165) is 30.4 Å². The molecule has 19 heavy (non-hydrogen) atoms. The van der Waals surface area contributed by atoms with Crippen molar-refractivity contribution in [3.8, 4) is 5.75 Å². The summed E-state index contributed by atoms with van der Waals surface area (Å²) in [7, 11) is 0. The van der Waals surface area contributed by atoms with Gasteiger partial charge in [-0.2, -0.15) is 0 Å². The first-order valence-electron chi connectivity index (χ1n) is 7.12. The Labute approximate surface area is 115 Å². The van der Waals surface area contributed by atoms with Crippen LogP contribution in [0.4, 0.5) is 0 Å². The van der Waals surface area contributed by atoms with E-state index in [1.165, 1.54) is 31.7 Å². The molecule has 1 rings (SSSR count). The molecule has 0 radical (unpaired) electrons. The minimum atomic E-state index is -1.06. The Bertz CT molecular complexity index is 424. The standard InChI is InChI=1S/C16H24O3/c1-3-4-5-6-7-8-9-13-10-12(2)11-14(15(13)17)16(18)19/h10-11,17H,3-9H2,1-2H3,(H,18,19). The molecule has 3 nitrogen and oxygen atoms in total. The highest BCUT2D eigenvalue weighted by Gasteiger charge is 2.14. The van der Waals surface area contributed by atoms with Crippen LogP contribution < -0.4 is 0 Å². The maximum Gasteiger partial charge on any atom is 0.339 e. The predicted octanol–water partition coefficient (Wildman–Crippen LogP) is 4.30. The molecule has 2 N–H and O–H groups in total. The Hall–Kier alpha value is -1.51. The van der Waals surface area contributed by atoms with Gasteiger partial charge in [0.1, 0.15) is 11.3 Å². The van der Waals surface area contributed by atoms with Gasteiger partial charge in [0.15, 0.2) is 0 Å². The number of hydrogen-bond acceptors (Lipinski definition) is 2. The van der Waals surface area contributed by atoms with E-state index < -0.39 is 5.97 Å². The first-order chi connectivity index (χ1) is 9.06. The summed E-state index contributed by atoms with van der Waals surface area (Å²) in [5.74, 6) is -1.13. The van der Waals surface area contributed by atoms with E-state index in [-0.39, 0.29) is 11.3 Å². The third kappa shape index (κ3) is 4.93. The molecule has 1 aromatic carbocycles. The molecule has 0 aromatic heterocycles. The molecule has 106 valence electrons. The smallest absolute Gasteiger partial charge is 0.339 e. The molecule has 0 spiro atoms. The van der Waals surface area contributed by atoms with Gasteiger partial charge in [0.2, 0.25) is 0 Å². The molecule has 0 saturated carbocycles. The Morgan fingerprint density at radius 2 is 1.74 bits per heavy atom. The lowest BCUT2D eigenvalue weighted by molar-refractivity contribution is 0.0693. The fourth-order valence-electron chi connectivity index (χ4n) is 2.30. The fourth-order valence-corrected chi connectivity index (χ4v) is 2.30. The molecule has 0 bridgehead atoms. The fraction of sp³-hybridized carbons (Fsp3) is 0.562. The highest BCUT2D eigenvalue weighted by atomic mass is 16.4. The van der Waals surface area contributed by atoms with E-state index in [1.54, 1.807) is 0 Å². The van der Waals surface area contributed by atoms with Crippen molar-refractivity contribution < 1.29 is 15.0 Å². The van der Waals surface area contributed by atoms with Crippen molar-refractivity contribution in [3.63, 3.8) is 0 Å². The van der Waals surface area contributed by atoms with E-state index in [2.05, 4.69) is 6.92 Å². The SMILES string of the molecule is CCCCCCCCc1cc(C)cc(C(=O)O)c1O. The quantitative estimate of drug-likeness (QED) is 0.688. The van der Waals surface area contributed by atoms with Gasteiger partial charge < -0.3 is 10.2 Å². The number of carbonyl (C=O) groups is 1. The molecular weight excluding hydrogens is 240 g/mol. The summed E-state index contributed by atoms with van der Waals surface area (Å²) in [5.41, 5.74) is 1.66. The average molecular weight is 264 g/mol. The largest absolute Gasteiger partial charge is 0.507 e. The highest BCUT2D eigenvalue weighted by molar-refractivity contribution is 5.91. The zero-order chi connectivity index (χ0) is 14.3. The second-order valence-corrected chi connectivity index (χ2v) is 5.14. The van der Waals surface area contributed by atoms with E-state index in [1.807, 2.05) is 13.0 Å². The van der Waals surface area contributed by atoms with Crippen molar-refractivity contribution in [2.45, 2.75) is 58.8 Å². The van der Waals surface area contributed by atoms with Gasteiger partial charge in [-0.15, -0.1) is 0 Å². The lowest BCUT2D eigenvalue weighted by Gasteiger charge is -2.09. The molecule has 0 atom stereocenters. The lowest BCUT2D eigenvalue weighted by Crippen LogP contribution is -2.00. The molecule has 0 amide bonds. The van der Waals surface area contributed by atoms with Crippen LogP contribution in [0.3, 0.4) is 0 Å². The number of carboxylic acid groups (broad SMARTS) is 1. The summed E-state index contributed by atoms with van der Waals surface area (Å²) in [6.07, 6.45) is 7.87. The molecule has 0 heterocycles. The van der Waals surface area contributed by atoms with Gasteiger partial charge in [0.25, 0.3) is 0 Å². The van der Waals surface area contributed by atoms with E-state index in [9.17, 15) is 9.90 Å². The van der Waals surface area contributed by atoms with Crippen molar-refractivity contribution >= 4 is 5.97 Å². The number of benzene rings is 1. The summed E-state index contributed by atoms with van der Waals surface area (Å²) in [6, 6.07) is 3.40. The minimum Gasteiger partial charge on any atom is -0.507 e. The average Bonchev–Trinajstić information content (AvgIpc) is 2.36.